The van der Waals surface area contributed by atoms with Crippen LogP contribution in [0.4, 0.5) is 22.0 Å². The molecule has 1 amide bonds. The quantitative estimate of drug-likeness (QED) is 0.286. The summed E-state index contributed by atoms with van der Waals surface area (Å²) in [5, 5.41) is 22.5. The number of alkyl halides is 3. The third-order valence-electron chi connectivity index (χ3n) is 6.79. The standard InChI is InChI=1S/C27H24F5N3O5/c28-18-9-15(10-19(29)11-18)13-34(14-23(37)16-3-7-21(36)8-4-16)25(38)22-12-33-35(24(22)27(30,31)32)20-5-1-17(2-6-20)26(39)40/h3-4,7-12,17,20,36H,1-2,5-6,13-14H2,(H,39,40). The second-order valence-electron chi connectivity index (χ2n) is 9.60. The number of aliphatic carboxylic acids is 1. The minimum absolute atomic E-state index is 0.0444. The van der Waals surface area contributed by atoms with Crippen LogP contribution in [0.5, 0.6) is 5.75 Å². The SMILES string of the molecule is O=C(CN(Cc1cc(F)cc(F)c1)C(=O)c1cnn(C2CCC(C(=O)O)CC2)c1C(F)(F)F)c1ccc(O)cc1. The molecule has 40 heavy (non-hydrogen) atoms. The van der Waals surface area contributed by atoms with Gasteiger partial charge in [0.15, 0.2) is 11.5 Å². The highest BCUT2D eigenvalue weighted by Crippen LogP contribution is 2.39. The van der Waals surface area contributed by atoms with E-state index in [1.165, 1.54) is 24.3 Å². The van der Waals surface area contributed by atoms with Crippen molar-refractivity contribution < 1.29 is 46.5 Å². The summed E-state index contributed by atoms with van der Waals surface area (Å²) in [7, 11) is 0. The van der Waals surface area contributed by atoms with Gasteiger partial charge in [0.1, 0.15) is 17.4 Å². The smallest absolute Gasteiger partial charge is 0.433 e. The van der Waals surface area contributed by atoms with Gasteiger partial charge in [0.2, 0.25) is 0 Å². The van der Waals surface area contributed by atoms with E-state index in [9.17, 15) is 46.5 Å². The van der Waals surface area contributed by atoms with E-state index < -0.39 is 71.8 Å². The Morgan fingerprint density at radius 1 is 0.975 bits per heavy atom. The number of phenols is 1. The number of hydrogen-bond donors (Lipinski definition) is 2. The van der Waals surface area contributed by atoms with Crippen molar-refractivity contribution in [3.63, 3.8) is 0 Å². The van der Waals surface area contributed by atoms with Crippen molar-refractivity contribution in [2.75, 3.05) is 6.54 Å². The molecule has 0 saturated heterocycles. The Balaban J connectivity index is 1.69. The molecule has 1 saturated carbocycles. The number of ketones is 1. The van der Waals surface area contributed by atoms with Crippen molar-refractivity contribution in [3.8, 4) is 5.75 Å². The van der Waals surface area contributed by atoms with Gasteiger partial charge in [-0.25, -0.2) is 8.78 Å². The molecule has 2 aromatic carbocycles. The number of benzene rings is 2. The molecule has 0 atom stereocenters. The third kappa shape index (κ3) is 6.46. The predicted octanol–water partition coefficient (Wildman–Crippen LogP) is 5.23. The fourth-order valence-electron chi connectivity index (χ4n) is 4.85. The van der Waals surface area contributed by atoms with Gasteiger partial charge < -0.3 is 15.1 Å². The Morgan fingerprint density at radius 3 is 2.12 bits per heavy atom. The van der Waals surface area contributed by atoms with E-state index in [0.29, 0.717) is 10.7 Å². The molecule has 0 spiro atoms. The number of phenolic OH excluding ortho intramolecular Hbond substituents is 1. The molecule has 0 aliphatic heterocycles. The van der Waals surface area contributed by atoms with Crippen molar-refractivity contribution in [2.45, 2.75) is 44.4 Å². The summed E-state index contributed by atoms with van der Waals surface area (Å²) in [6, 6.07) is 6.51. The van der Waals surface area contributed by atoms with Gasteiger partial charge in [-0.2, -0.15) is 18.3 Å². The second-order valence-corrected chi connectivity index (χ2v) is 9.60. The fourth-order valence-corrected chi connectivity index (χ4v) is 4.85. The summed E-state index contributed by atoms with van der Waals surface area (Å²) in [6.07, 6.45) is -3.83. The predicted molar refractivity (Wildman–Crippen MR) is 129 cm³/mol. The van der Waals surface area contributed by atoms with Gasteiger partial charge in [0.05, 0.1) is 30.3 Å². The van der Waals surface area contributed by atoms with Gasteiger partial charge in [-0.1, -0.05) is 0 Å². The van der Waals surface area contributed by atoms with Gasteiger partial charge in [0, 0.05) is 18.2 Å². The summed E-state index contributed by atoms with van der Waals surface area (Å²) in [5.41, 5.74) is -2.27. The number of carbonyl (C=O) groups excluding carboxylic acids is 2. The molecule has 0 radical (unpaired) electrons. The largest absolute Gasteiger partial charge is 0.508 e. The van der Waals surface area contributed by atoms with Crippen LogP contribution in [-0.4, -0.2) is 49.1 Å². The van der Waals surface area contributed by atoms with E-state index in [1.54, 1.807) is 0 Å². The summed E-state index contributed by atoms with van der Waals surface area (Å²) < 4.78 is 71.3. The number of amides is 1. The average Bonchev–Trinajstić information content (AvgIpc) is 3.34. The molecule has 1 heterocycles. The summed E-state index contributed by atoms with van der Waals surface area (Å²) in [6.45, 7) is -1.34. The van der Waals surface area contributed by atoms with Crippen LogP contribution < -0.4 is 0 Å². The number of halogens is 5. The molecule has 8 nitrogen and oxygen atoms in total. The minimum atomic E-state index is -5.04. The maximum Gasteiger partial charge on any atom is 0.433 e. The molecule has 13 heteroatoms. The zero-order chi connectivity index (χ0) is 29.2. The molecule has 212 valence electrons. The molecule has 3 aromatic rings. The number of rotatable bonds is 8. The normalized spacial score (nSPS) is 17.4. The number of carbonyl (C=O) groups is 3. The Labute approximate surface area is 224 Å². The van der Waals surface area contributed by atoms with Crippen molar-refractivity contribution in [1.82, 2.24) is 14.7 Å². The summed E-state index contributed by atoms with van der Waals surface area (Å²) >= 11 is 0. The topological polar surface area (TPSA) is 113 Å². The lowest BCUT2D eigenvalue weighted by Gasteiger charge is -2.28. The Morgan fingerprint density at radius 2 is 1.57 bits per heavy atom. The van der Waals surface area contributed by atoms with E-state index in [1.807, 2.05) is 0 Å². The summed E-state index contributed by atoms with van der Waals surface area (Å²) in [4.78, 5) is 38.5. The van der Waals surface area contributed by atoms with Crippen LogP contribution >= 0.6 is 0 Å². The van der Waals surface area contributed by atoms with Crippen LogP contribution in [0.15, 0.2) is 48.7 Å². The third-order valence-corrected chi connectivity index (χ3v) is 6.79. The van der Waals surface area contributed by atoms with Crippen LogP contribution in [0.1, 0.15) is 63.7 Å². The molecule has 2 N–H and O–H groups in total. The number of aromatic nitrogens is 2. The maximum atomic E-state index is 14.3. The number of aromatic hydroxyl groups is 1. The average molecular weight is 565 g/mol. The minimum Gasteiger partial charge on any atom is -0.508 e. The fraction of sp³-hybridized carbons (Fsp3) is 0.333. The molecule has 1 aliphatic rings. The molecule has 0 bridgehead atoms. The number of hydrogen-bond acceptors (Lipinski definition) is 5. The van der Waals surface area contributed by atoms with Gasteiger partial charge in [-0.05, 0) is 67.6 Å². The number of carboxylic acids is 1. The Kier molecular flexibility index (Phi) is 8.21. The van der Waals surface area contributed by atoms with Gasteiger partial charge in [-0.15, -0.1) is 0 Å². The van der Waals surface area contributed by atoms with Crippen LogP contribution in [0.3, 0.4) is 0 Å². The molecule has 0 unspecified atom stereocenters. The van der Waals surface area contributed by atoms with Crippen molar-refractivity contribution >= 4 is 17.7 Å². The molecule has 1 aromatic heterocycles. The lowest BCUT2D eigenvalue weighted by atomic mass is 9.86. The first-order chi connectivity index (χ1) is 18.8. The van der Waals surface area contributed by atoms with Gasteiger partial charge >= 0.3 is 12.1 Å². The van der Waals surface area contributed by atoms with E-state index >= 15 is 0 Å². The van der Waals surface area contributed by atoms with Crippen LogP contribution in [0.25, 0.3) is 0 Å². The first-order valence-corrected chi connectivity index (χ1v) is 12.3. The van der Waals surface area contributed by atoms with Crippen molar-refractivity contribution in [2.24, 2.45) is 5.92 Å². The van der Waals surface area contributed by atoms with E-state index in [2.05, 4.69) is 5.10 Å². The first kappa shape index (κ1) is 28.7. The summed E-state index contributed by atoms with van der Waals surface area (Å²) in [5.74, 6) is -5.75. The van der Waals surface area contributed by atoms with E-state index in [4.69, 9.17) is 0 Å². The van der Waals surface area contributed by atoms with E-state index in [-0.39, 0.29) is 42.6 Å². The van der Waals surface area contributed by atoms with Crippen LogP contribution in [0.2, 0.25) is 0 Å². The Bertz CT molecular complexity index is 1390. The highest BCUT2D eigenvalue weighted by molar-refractivity contribution is 6.02. The zero-order valence-electron chi connectivity index (χ0n) is 20.9. The Hall–Kier alpha value is -4.29. The lowest BCUT2D eigenvalue weighted by Crippen LogP contribution is -2.36. The highest BCUT2D eigenvalue weighted by atomic mass is 19.4. The molecule has 1 fully saturated rings. The molecular weight excluding hydrogens is 541 g/mol. The lowest BCUT2D eigenvalue weighted by molar-refractivity contribution is -0.147. The van der Waals surface area contributed by atoms with Gasteiger partial charge in [0.25, 0.3) is 5.91 Å². The highest BCUT2D eigenvalue weighted by Gasteiger charge is 2.43. The molecule has 4 rings (SSSR count). The number of nitrogens with zero attached hydrogens (tertiary/aromatic N) is 3. The zero-order valence-corrected chi connectivity index (χ0v) is 20.9. The number of carboxylic acid groups (broad SMARTS) is 1. The van der Waals surface area contributed by atoms with Gasteiger partial charge in [-0.3, -0.25) is 19.1 Å². The van der Waals surface area contributed by atoms with Crippen molar-refractivity contribution in [1.29, 1.82) is 0 Å². The monoisotopic (exact) mass is 565 g/mol. The molecule has 1 aliphatic carbocycles. The number of Topliss-reactive ketones (excluding diaryl/α,β-unsaturated/α-hetero) is 1. The van der Waals surface area contributed by atoms with E-state index in [0.717, 1.165) is 23.2 Å². The second kappa shape index (κ2) is 11.4. The van der Waals surface area contributed by atoms with Crippen LogP contribution in [-0.2, 0) is 17.5 Å². The first-order valence-electron chi connectivity index (χ1n) is 12.3. The maximum absolute atomic E-state index is 14.3. The van der Waals surface area contributed by atoms with Crippen LogP contribution in [0, 0.1) is 17.6 Å². The molecular formula is C27H24F5N3O5. The van der Waals surface area contributed by atoms with Crippen molar-refractivity contribution in [3.05, 3.63) is 82.7 Å².